The molecule has 2 nitrogen and oxygen atoms in total. The van der Waals surface area contributed by atoms with Crippen molar-refractivity contribution in [2.75, 3.05) is 13.1 Å². The Morgan fingerprint density at radius 1 is 1.19 bits per heavy atom. The van der Waals surface area contributed by atoms with Crippen molar-refractivity contribution >= 4 is 0 Å². The molecule has 2 rings (SSSR count). The smallest absolute Gasteiger partial charge is 0.326 e. The molecule has 2 N–H and O–H groups in total. The zero-order valence-electron chi connectivity index (χ0n) is 12.4. The van der Waals surface area contributed by atoms with E-state index >= 15 is 0 Å². The Labute approximate surface area is 124 Å². The molecule has 21 heavy (non-hydrogen) atoms. The number of hydrogen-bond donors (Lipinski definition) is 1. The van der Waals surface area contributed by atoms with Crippen molar-refractivity contribution in [1.29, 1.82) is 0 Å². The molecule has 0 spiro atoms. The molecule has 0 aliphatic carbocycles. The third kappa shape index (κ3) is 3.98. The van der Waals surface area contributed by atoms with Crippen LogP contribution < -0.4 is 5.73 Å². The maximum atomic E-state index is 12.7. The summed E-state index contributed by atoms with van der Waals surface area (Å²) in [4.78, 5) is 2.32. The lowest BCUT2D eigenvalue weighted by atomic mass is 9.95. The van der Waals surface area contributed by atoms with E-state index < -0.39 is 11.7 Å². The average molecular weight is 300 g/mol. The van der Waals surface area contributed by atoms with Crippen LogP contribution in [0.3, 0.4) is 0 Å². The molecule has 0 radical (unpaired) electrons. The van der Waals surface area contributed by atoms with Crippen molar-refractivity contribution in [3.05, 3.63) is 35.4 Å². The fourth-order valence-corrected chi connectivity index (χ4v) is 3.13. The van der Waals surface area contributed by atoms with E-state index in [-0.39, 0.29) is 12.1 Å². The number of benzene rings is 1. The van der Waals surface area contributed by atoms with Crippen molar-refractivity contribution in [3.8, 4) is 0 Å². The average Bonchev–Trinajstić information content (AvgIpc) is 2.60. The number of nitrogens with zero attached hydrogens (tertiary/aromatic N) is 1. The van der Waals surface area contributed by atoms with Gasteiger partial charge in [0.05, 0.1) is 5.56 Å². The van der Waals surface area contributed by atoms with Crippen LogP contribution in [0.15, 0.2) is 24.3 Å². The van der Waals surface area contributed by atoms with Gasteiger partial charge in [-0.15, -0.1) is 0 Å². The largest absolute Gasteiger partial charge is 0.416 e. The third-order valence-corrected chi connectivity index (χ3v) is 4.12. The number of halogens is 3. The van der Waals surface area contributed by atoms with Gasteiger partial charge < -0.3 is 5.73 Å². The quantitative estimate of drug-likeness (QED) is 0.915. The number of nitrogens with two attached hydrogens (primary N) is 1. The zero-order valence-corrected chi connectivity index (χ0v) is 12.4. The molecule has 0 saturated carbocycles. The van der Waals surface area contributed by atoms with Crippen molar-refractivity contribution in [3.63, 3.8) is 0 Å². The highest BCUT2D eigenvalue weighted by molar-refractivity contribution is 5.28. The maximum Gasteiger partial charge on any atom is 0.416 e. The molecule has 0 bridgehead atoms. The second kappa shape index (κ2) is 6.79. The van der Waals surface area contributed by atoms with Gasteiger partial charge >= 0.3 is 6.18 Å². The number of hydrogen-bond acceptors (Lipinski definition) is 2. The first-order valence-electron chi connectivity index (χ1n) is 7.60. The minimum absolute atomic E-state index is 0.0178. The molecule has 1 fully saturated rings. The molecule has 1 aliphatic rings. The van der Waals surface area contributed by atoms with Crippen LogP contribution in [0.4, 0.5) is 13.2 Å². The van der Waals surface area contributed by atoms with Crippen LogP contribution >= 0.6 is 0 Å². The van der Waals surface area contributed by atoms with E-state index in [2.05, 4.69) is 11.8 Å². The normalized spacial score (nSPS) is 24.8. The van der Waals surface area contributed by atoms with E-state index in [0.29, 0.717) is 0 Å². The minimum Gasteiger partial charge on any atom is -0.326 e. The number of alkyl halides is 3. The summed E-state index contributed by atoms with van der Waals surface area (Å²) in [5.41, 5.74) is 6.58. The molecule has 118 valence electrons. The highest BCUT2D eigenvalue weighted by Gasteiger charge is 2.32. The number of rotatable bonds is 3. The summed E-state index contributed by atoms with van der Waals surface area (Å²) in [6, 6.07) is 5.50. The van der Waals surface area contributed by atoms with E-state index in [1.165, 1.54) is 0 Å². The summed E-state index contributed by atoms with van der Waals surface area (Å²) in [6.45, 7) is 4.01. The lowest BCUT2D eigenvalue weighted by molar-refractivity contribution is -0.137. The summed E-state index contributed by atoms with van der Waals surface area (Å²) < 4.78 is 38.0. The van der Waals surface area contributed by atoms with Crippen LogP contribution in [-0.4, -0.2) is 24.0 Å². The van der Waals surface area contributed by atoms with E-state index in [1.807, 2.05) is 0 Å². The highest BCUT2D eigenvalue weighted by atomic mass is 19.4. The van der Waals surface area contributed by atoms with Crippen molar-refractivity contribution in [1.82, 2.24) is 4.90 Å². The molecule has 0 amide bonds. The first-order valence-corrected chi connectivity index (χ1v) is 7.60. The molecular weight excluding hydrogens is 277 g/mol. The van der Waals surface area contributed by atoms with Gasteiger partial charge in [0.25, 0.3) is 0 Å². The molecule has 5 heteroatoms. The van der Waals surface area contributed by atoms with Gasteiger partial charge in [-0.2, -0.15) is 13.2 Å². The molecule has 1 aromatic rings. The summed E-state index contributed by atoms with van der Waals surface area (Å²) >= 11 is 0. The van der Waals surface area contributed by atoms with E-state index in [4.69, 9.17) is 5.73 Å². The monoisotopic (exact) mass is 300 g/mol. The fourth-order valence-electron chi connectivity index (χ4n) is 3.13. The van der Waals surface area contributed by atoms with Gasteiger partial charge in [0.2, 0.25) is 0 Å². The van der Waals surface area contributed by atoms with Crippen LogP contribution in [-0.2, 0) is 6.18 Å². The maximum absolute atomic E-state index is 12.7. The second-order valence-electron chi connectivity index (χ2n) is 5.76. The molecule has 2 atom stereocenters. The zero-order chi connectivity index (χ0) is 15.5. The van der Waals surface area contributed by atoms with Gasteiger partial charge in [-0.3, -0.25) is 4.90 Å². The van der Waals surface area contributed by atoms with Gasteiger partial charge in [0, 0.05) is 12.1 Å². The van der Waals surface area contributed by atoms with Crippen molar-refractivity contribution in [2.24, 2.45) is 5.73 Å². The Kier molecular flexibility index (Phi) is 5.27. The van der Waals surface area contributed by atoms with Gasteiger partial charge in [-0.05, 0) is 50.0 Å². The molecule has 1 saturated heterocycles. The molecule has 1 aromatic carbocycles. The molecule has 2 unspecified atom stereocenters. The summed E-state index contributed by atoms with van der Waals surface area (Å²) in [6.07, 6.45) is -0.160. The first-order chi connectivity index (χ1) is 9.93. The molecular formula is C16H23F3N2. The Balaban J connectivity index is 2.26. The van der Waals surface area contributed by atoms with Gasteiger partial charge in [-0.1, -0.05) is 25.5 Å². The fraction of sp³-hybridized carbons (Fsp3) is 0.625. The lowest BCUT2D eigenvalue weighted by Crippen LogP contribution is -2.40. The predicted molar refractivity (Wildman–Crippen MR) is 77.9 cm³/mol. The van der Waals surface area contributed by atoms with Crippen LogP contribution in [0.5, 0.6) is 0 Å². The topological polar surface area (TPSA) is 29.3 Å². The molecule has 0 aromatic heterocycles. The Morgan fingerprint density at radius 2 is 1.86 bits per heavy atom. The summed E-state index contributed by atoms with van der Waals surface area (Å²) in [7, 11) is 0. The standard InChI is InChI=1S/C16H23F3N2/c1-2-10-21-11-4-3-5-14(20)15(21)12-6-8-13(9-7-12)16(17,18)19/h6-9,14-15H,2-5,10-11,20H2,1H3. The highest BCUT2D eigenvalue weighted by Crippen LogP contribution is 2.33. The van der Waals surface area contributed by atoms with Crippen LogP contribution in [0.25, 0.3) is 0 Å². The Hall–Kier alpha value is -1.07. The van der Waals surface area contributed by atoms with E-state index in [9.17, 15) is 13.2 Å². The van der Waals surface area contributed by atoms with Gasteiger partial charge in [-0.25, -0.2) is 0 Å². The predicted octanol–water partition coefficient (Wildman–Crippen LogP) is 3.97. The van der Waals surface area contributed by atoms with Crippen molar-refractivity contribution in [2.45, 2.75) is 50.9 Å². The molecule has 1 heterocycles. The van der Waals surface area contributed by atoms with Crippen LogP contribution in [0, 0.1) is 0 Å². The number of likely N-dealkylation sites (tertiary alicyclic amines) is 1. The van der Waals surface area contributed by atoms with Crippen LogP contribution in [0.1, 0.15) is 49.8 Å². The lowest BCUT2D eigenvalue weighted by Gasteiger charge is -2.33. The SMILES string of the molecule is CCCN1CCCCC(N)C1c1ccc(C(F)(F)F)cc1. The second-order valence-corrected chi connectivity index (χ2v) is 5.76. The summed E-state index contributed by atoms with van der Waals surface area (Å²) in [5.74, 6) is 0. The van der Waals surface area contributed by atoms with Crippen LogP contribution in [0.2, 0.25) is 0 Å². The van der Waals surface area contributed by atoms with E-state index in [1.54, 1.807) is 12.1 Å². The first kappa shape index (κ1) is 16.3. The third-order valence-electron chi connectivity index (χ3n) is 4.12. The Bertz CT molecular complexity index is 442. The van der Waals surface area contributed by atoms with Crippen molar-refractivity contribution < 1.29 is 13.2 Å². The van der Waals surface area contributed by atoms with Gasteiger partial charge in [0.15, 0.2) is 0 Å². The van der Waals surface area contributed by atoms with Gasteiger partial charge in [0.1, 0.15) is 0 Å². The molecule has 1 aliphatic heterocycles. The summed E-state index contributed by atoms with van der Waals surface area (Å²) in [5, 5.41) is 0. The van der Waals surface area contributed by atoms with E-state index in [0.717, 1.165) is 56.5 Å². The Morgan fingerprint density at radius 3 is 2.43 bits per heavy atom. The minimum atomic E-state index is -4.28.